The topological polar surface area (TPSA) is 40.5 Å². The molecule has 0 spiro atoms. The van der Waals surface area contributed by atoms with E-state index in [0.29, 0.717) is 12.0 Å². The van der Waals surface area contributed by atoms with Gasteiger partial charge in [-0.2, -0.15) is 0 Å². The highest BCUT2D eigenvalue weighted by atomic mass is 16.4. The minimum atomic E-state index is -0.755. The van der Waals surface area contributed by atoms with E-state index < -0.39 is 5.97 Å². The molecule has 0 amide bonds. The maximum absolute atomic E-state index is 11.3. The molecule has 0 bridgehead atoms. The summed E-state index contributed by atoms with van der Waals surface area (Å²) >= 11 is 0. The van der Waals surface area contributed by atoms with Crippen molar-refractivity contribution >= 4 is 5.97 Å². The van der Waals surface area contributed by atoms with Crippen molar-refractivity contribution in [2.75, 3.05) is 14.1 Å². The molecule has 0 fully saturated rings. The van der Waals surface area contributed by atoms with Gasteiger partial charge in [0, 0.05) is 19.8 Å². The Labute approximate surface area is 112 Å². The average molecular weight is 255 g/mol. The second kappa shape index (κ2) is 9.98. The number of rotatable bonds is 10. The van der Waals surface area contributed by atoms with Gasteiger partial charge in [0.1, 0.15) is 0 Å². The smallest absolute Gasteiger partial charge is 0.333 e. The van der Waals surface area contributed by atoms with Gasteiger partial charge in [0.15, 0.2) is 0 Å². The highest BCUT2D eigenvalue weighted by molar-refractivity contribution is 5.87. The number of carboxylic acid groups (broad SMARTS) is 1. The molecular formula is C15H29NO2. The van der Waals surface area contributed by atoms with E-state index in [4.69, 9.17) is 0 Å². The van der Waals surface area contributed by atoms with Gasteiger partial charge in [-0.05, 0) is 19.3 Å². The molecule has 0 aliphatic heterocycles. The van der Waals surface area contributed by atoms with Gasteiger partial charge < -0.3 is 10.0 Å². The van der Waals surface area contributed by atoms with Crippen molar-refractivity contribution in [3.05, 3.63) is 11.3 Å². The van der Waals surface area contributed by atoms with Crippen LogP contribution >= 0.6 is 0 Å². The second-order valence-corrected chi connectivity index (χ2v) is 5.04. The van der Waals surface area contributed by atoms with E-state index in [-0.39, 0.29) is 0 Å². The molecule has 0 aromatic rings. The first-order valence-corrected chi connectivity index (χ1v) is 7.17. The summed E-state index contributed by atoms with van der Waals surface area (Å²) in [7, 11) is 3.89. The molecule has 0 rings (SSSR count). The SMILES string of the molecule is CCCCCCC/C(=C(/CCC)C(=O)O)N(C)C. The molecule has 18 heavy (non-hydrogen) atoms. The van der Waals surface area contributed by atoms with Gasteiger partial charge in [-0.15, -0.1) is 0 Å². The quantitative estimate of drug-likeness (QED) is 0.473. The number of carboxylic acids is 1. The van der Waals surface area contributed by atoms with E-state index in [1.807, 2.05) is 25.9 Å². The minimum Gasteiger partial charge on any atom is -0.478 e. The summed E-state index contributed by atoms with van der Waals surface area (Å²) in [5.41, 5.74) is 1.60. The number of unbranched alkanes of at least 4 members (excludes halogenated alkanes) is 4. The first-order chi connectivity index (χ1) is 8.54. The molecule has 0 aliphatic carbocycles. The minimum absolute atomic E-state index is 0.595. The van der Waals surface area contributed by atoms with Crippen molar-refractivity contribution in [2.45, 2.75) is 65.2 Å². The Morgan fingerprint density at radius 2 is 1.56 bits per heavy atom. The zero-order valence-electron chi connectivity index (χ0n) is 12.5. The summed E-state index contributed by atoms with van der Waals surface area (Å²) in [6.45, 7) is 4.23. The fraction of sp³-hybridized carbons (Fsp3) is 0.800. The number of hydrogen-bond donors (Lipinski definition) is 1. The van der Waals surface area contributed by atoms with E-state index in [1.165, 1.54) is 25.7 Å². The second-order valence-electron chi connectivity index (χ2n) is 5.04. The van der Waals surface area contributed by atoms with E-state index >= 15 is 0 Å². The van der Waals surface area contributed by atoms with E-state index in [2.05, 4.69) is 6.92 Å². The molecule has 0 saturated heterocycles. The Kier molecular flexibility index (Phi) is 9.43. The molecule has 3 heteroatoms. The fourth-order valence-corrected chi connectivity index (χ4v) is 2.17. The van der Waals surface area contributed by atoms with Crippen molar-refractivity contribution in [3.8, 4) is 0 Å². The van der Waals surface area contributed by atoms with Crippen LogP contribution in [0.4, 0.5) is 0 Å². The lowest BCUT2D eigenvalue weighted by Gasteiger charge is -2.20. The first-order valence-electron chi connectivity index (χ1n) is 7.17. The summed E-state index contributed by atoms with van der Waals surface area (Å²) < 4.78 is 0. The van der Waals surface area contributed by atoms with Crippen molar-refractivity contribution in [2.24, 2.45) is 0 Å². The first kappa shape index (κ1) is 17.0. The summed E-state index contributed by atoms with van der Waals surface area (Å²) in [4.78, 5) is 13.3. The van der Waals surface area contributed by atoms with E-state index in [9.17, 15) is 9.90 Å². The number of nitrogens with zero attached hydrogens (tertiary/aromatic N) is 1. The largest absolute Gasteiger partial charge is 0.478 e. The third kappa shape index (κ3) is 6.67. The summed E-state index contributed by atoms with van der Waals surface area (Å²) in [5.74, 6) is -0.755. The molecule has 0 unspecified atom stereocenters. The molecule has 0 aromatic heterocycles. The van der Waals surface area contributed by atoms with Crippen LogP contribution in [0.3, 0.4) is 0 Å². The van der Waals surface area contributed by atoms with Crippen LogP contribution in [-0.4, -0.2) is 30.1 Å². The van der Waals surface area contributed by atoms with Gasteiger partial charge >= 0.3 is 5.97 Å². The molecule has 106 valence electrons. The van der Waals surface area contributed by atoms with Crippen LogP contribution in [0.1, 0.15) is 65.2 Å². The number of carbonyl (C=O) groups is 1. The lowest BCUT2D eigenvalue weighted by atomic mass is 10.0. The number of aliphatic carboxylic acids is 1. The van der Waals surface area contributed by atoms with Gasteiger partial charge in [0.05, 0.1) is 5.57 Å². The molecule has 0 aromatic carbocycles. The molecule has 0 radical (unpaired) electrons. The molecule has 0 heterocycles. The highest BCUT2D eigenvalue weighted by Crippen LogP contribution is 2.20. The standard InChI is InChI=1S/C15H29NO2/c1-5-7-8-9-10-12-14(16(3)4)13(11-6-2)15(17)18/h5-12H2,1-4H3,(H,17,18)/b14-13+. The van der Waals surface area contributed by atoms with Crippen LogP contribution in [-0.2, 0) is 4.79 Å². The molecule has 0 saturated carbocycles. The Hall–Kier alpha value is -0.990. The predicted octanol–water partition coefficient (Wildman–Crippen LogP) is 4.05. The van der Waals surface area contributed by atoms with Gasteiger partial charge in [-0.1, -0.05) is 46.0 Å². The normalized spacial score (nSPS) is 12.2. The Morgan fingerprint density at radius 3 is 2.00 bits per heavy atom. The predicted molar refractivity (Wildman–Crippen MR) is 76.6 cm³/mol. The van der Waals surface area contributed by atoms with Crippen LogP contribution in [0, 0.1) is 0 Å². The van der Waals surface area contributed by atoms with Crippen molar-refractivity contribution in [3.63, 3.8) is 0 Å². The lowest BCUT2D eigenvalue weighted by Crippen LogP contribution is -2.17. The molecule has 1 N–H and O–H groups in total. The van der Waals surface area contributed by atoms with E-state index in [0.717, 1.165) is 25.0 Å². The van der Waals surface area contributed by atoms with Gasteiger partial charge in [0.25, 0.3) is 0 Å². The van der Waals surface area contributed by atoms with Crippen LogP contribution < -0.4 is 0 Å². The fourth-order valence-electron chi connectivity index (χ4n) is 2.17. The third-order valence-electron chi connectivity index (χ3n) is 3.16. The Balaban J connectivity index is 4.51. The number of allylic oxidation sites excluding steroid dienone is 1. The van der Waals surface area contributed by atoms with Gasteiger partial charge in [-0.25, -0.2) is 4.79 Å². The maximum atomic E-state index is 11.3. The van der Waals surface area contributed by atoms with Crippen LogP contribution in [0.25, 0.3) is 0 Å². The van der Waals surface area contributed by atoms with Gasteiger partial charge in [-0.3, -0.25) is 0 Å². The zero-order chi connectivity index (χ0) is 14.0. The van der Waals surface area contributed by atoms with E-state index in [1.54, 1.807) is 0 Å². The van der Waals surface area contributed by atoms with Crippen molar-refractivity contribution in [1.29, 1.82) is 0 Å². The number of hydrogen-bond acceptors (Lipinski definition) is 2. The van der Waals surface area contributed by atoms with Gasteiger partial charge in [0.2, 0.25) is 0 Å². The van der Waals surface area contributed by atoms with Crippen LogP contribution in [0.2, 0.25) is 0 Å². The average Bonchev–Trinajstić information content (AvgIpc) is 2.31. The van der Waals surface area contributed by atoms with Crippen LogP contribution in [0.5, 0.6) is 0 Å². The monoisotopic (exact) mass is 255 g/mol. The summed E-state index contributed by atoms with van der Waals surface area (Å²) in [5, 5.41) is 9.28. The third-order valence-corrected chi connectivity index (χ3v) is 3.16. The maximum Gasteiger partial charge on any atom is 0.333 e. The highest BCUT2D eigenvalue weighted by Gasteiger charge is 2.14. The summed E-state index contributed by atoms with van der Waals surface area (Å²) in [6, 6.07) is 0. The molecular weight excluding hydrogens is 226 g/mol. The van der Waals surface area contributed by atoms with Crippen molar-refractivity contribution in [1.82, 2.24) is 4.90 Å². The Morgan fingerprint density at radius 1 is 0.944 bits per heavy atom. The van der Waals surface area contributed by atoms with Crippen LogP contribution in [0.15, 0.2) is 11.3 Å². The Bertz CT molecular complexity index is 270. The molecule has 0 atom stereocenters. The summed E-state index contributed by atoms with van der Waals surface area (Å²) in [6.07, 6.45) is 8.50. The molecule has 3 nitrogen and oxygen atoms in total. The molecule has 0 aliphatic rings. The zero-order valence-corrected chi connectivity index (χ0v) is 12.5. The van der Waals surface area contributed by atoms with Crippen molar-refractivity contribution < 1.29 is 9.90 Å². The lowest BCUT2D eigenvalue weighted by molar-refractivity contribution is -0.133.